The van der Waals surface area contributed by atoms with Gasteiger partial charge in [0, 0.05) is 13.6 Å². The molecule has 0 saturated heterocycles. The van der Waals surface area contributed by atoms with E-state index < -0.39 is 10.0 Å². The van der Waals surface area contributed by atoms with Crippen molar-refractivity contribution < 1.29 is 17.9 Å². The number of likely N-dealkylation sites (N-methyl/N-ethyl adjacent to an activating group) is 1. The van der Waals surface area contributed by atoms with Gasteiger partial charge in [0.1, 0.15) is 5.75 Å². The Balaban J connectivity index is 2.74. The molecule has 0 bridgehead atoms. The molecule has 0 aliphatic heterocycles. The number of hydrogen-bond acceptors (Lipinski definition) is 4. The number of carbonyl (C=O) groups is 1. The van der Waals surface area contributed by atoms with Crippen molar-refractivity contribution in [3.05, 3.63) is 24.3 Å². The first-order valence-corrected chi connectivity index (χ1v) is 8.08. The van der Waals surface area contributed by atoms with Gasteiger partial charge in [0.15, 0.2) is 0 Å². The van der Waals surface area contributed by atoms with Gasteiger partial charge in [0.05, 0.1) is 18.6 Å². The van der Waals surface area contributed by atoms with Crippen LogP contribution in [0.4, 0.5) is 0 Å². The summed E-state index contributed by atoms with van der Waals surface area (Å²) in [5.41, 5.74) is 0. The van der Waals surface area contributed by atoms with E-state index in [2.05, 4.69) is 5.32 Å². The molecule has 1 aromatic carbocycles. The molecule has 0 spiro atoms. The minimum absolute atomic E-state index is 0.127. The SMILES string of the molecule is COc1ccc(S(=O)(=O)N(C)CC(=O)NCC(C)C)cc1. The summed E-state index contributed by atoms with van der Waals surface area (Å²) in [4.78, 5) is 11.8. The van der Waals surface area contributed by atoms with Gasteiger partial charge in [-0.25, -0.2) is 8.42 Å². The number of nitrogens with one attached hydrogen (secondary N) is 1. The van der Waals surface area contributed by atoms with Crippen LogP contribution in [0.3, 0.4) is 0 Å². The highest BCUT2D eigenvalue weighted by Gasteiger charge is 2.22. The molecule has 1 rings (SSSR count). The third kappa shape index (κ3) is 5.02. The van der Waals surface area contributed by atoms with Crippen LogP contribution in [0.15, 0.2) is 29.2 Å². The topological polar surface area (TPSA) is 75.7 Å². The van der Waals surface area contributed by atoms with E-state index in [0.717, 1.165) is 4.31 Å². The van der Waals surface area contributed by atoms with Gasteiger partial charge < -0.3 is 10.1 Å². The number of methoxy groups -OCH3 is 1. The summed E-state index contributed by atoms with van der Waals surface area (Å²) in [6.45, 7) is 4.26. The molecule has 1 N–H and O–H groups in total. The van der Waals surface area contributed by atoms with Crippen LogP contribution in [-0.2, 0) is 14.8 Å². The standard InChI is InChI=1S/C14H22N2O4S/c1-11(2)9-15-14(17)10-16(3)21(18,19)13-7-5-12(20-4)6-8-13/h5-8,11H,9-10H2,1-4H3,(H,15,17). The number of ether oxygens (including phenoxy) is 1. The summed E-state index contributed by atoms with van der Waals surface area (Å²) in [6.07, 6.45) is 0. The van der Waals surface area contributed by atoms with Crippen LogP contribution in [0.1, 0.15) is 13.8 Å². The van der Waals surface area contributed by atoms with E-state index in [1.807, 2.05) is 13.8 Å². The Morgan fingerprint density at radius 2 is 1.86 bits per heavy atom. The molecule has 0 atom stereocenters. The predicted octanol–water partition coefficient (Wildman–Crippen LogP) is 1.09. The van der Waals surface area contributed by atoms with Gasteiger partial charge in [0.2, 0.25) is 15.9 Å². The lowest BCUT2D eigenvalue weighted by molar-refractivity contribution is -0.121. The maximum absolute atomic E-state index is 12.3. The summed E-state index contributed by atoms with van der Waals surface area (Å²) >= 11 is 0. The van der Waals surface area contributed by atoms with E-state index in [9.17, 15) is 13.2 Å². The van der Waals surface area contributed by atoms with Gasteiger partial charge in [-0.05, 0) is 30.2 Å². The highest BCUT2D eigenvalue weighted by molar-refractivity contribution is 7.89. The Kier molecular flexibility index (Phi) is 6.17. The van der Waals surface area contributed by atoms with Crippen molar-refractivity contribution in [2.45, 2.75) is 18.7 Å². The molecular weight excluding hydrogens is 292 g/mol. The number of sulfonamides is 1. The van der Waals surface area contributed by atoms with E-state index in [1.54, 1.807) is 12.1 Å². The number of amides is 1. The molecule has 0 radical (unpaired) electrons. The van der Waals surface area contributed by atoms with E-state index in [-0.39, 0.29) is 17.3 Å². The lowest BCUT2D eigenvalue weighted by atomic mass is 10.2. The number of hydrogen-bond donors (Lipinski definition) is 1. The lowest BCUT2D eigenvalue weighted by Gasteiger charge is -2.17. The van der Waals surface area contributed by atoms with Crippen molar-refractivity contribution in [3.63, 3.8) is 0 Å². The first-order chi connectivity index (χ1) is 9.77. The van der Waals surface area contributed by atoms with E-state index in [1.165, 1.54) is 26.3 Å². The molecule has 6 nitrogen and oxygen atoms in total. The Bertz CT molecular complexity index is 567. The molecule has 7 heteroatoms. The van der Waals surface area contributed by atoms with E-state index in [0.29, 0.717) is 18.2 Å². The fourth-order valence-corrected chi connectivity index (χ4v) is 2.72. The minimum Gasteiger partial charge on any atom is -0.497 e. The average molecular weight is 314 g/mol. The zero-order valence-corrected chi connectivity index (χ0v) is 13.6. The summed E-state index contributed by atoms with van der Waals surface area (Å²) in [5.74, 6) is 0.576. The average Bonchev–Trinajstić information content (AvgIpc) is 2.45. The number of carbonyl (C=O) groups excluding carboxylic acids is 1. The van der Waals surface area contributed by atoms with Crippen LogP contribution in [0.2, 0.25) is 0 Å². The van der Waals surface area contributed by atoms with Gasteiger partial charge in [-0.3, -0.25) is 4.79 Å². The Labute approximate surface area is 126 Å². The zero-order valence-electron chi connectivity index (χ0n) is 12.8. The molecule has 1 aromatic rings. The maximum atomic E-state index is 12.3. The quantitative estimate of drug-likeness (QED) is 0.817. The zero-order chi connectivity index (χ0) is 16.0. The van der Waals surface area contributed by atoms with Crippen molar-refractivity contribution in [3.8, 4) is 5.75 Å². The molecule has 0 aliphatic carbocycles. The second-order valence-electron chi connectivity index (χ2n) is 5.13. The van der Waals surface area contributed by atoms with Gasteiger partial charge in [-0.1, -0.05) is 13.8 Å². The third-order valence-electron chi connectivity index (χ3n) is 2.84. The summed E-state index contributed by atoms with van der Waals surface area (Å²) < 4.78 is 30.6. The second-order valence-corrected chi connectivity index (χ2v) is 7.18. The molecule has 0 saturated carbocycles. The molecule has 0 aromatic heterocycles. The van der Waals surface area contributed by atoms with Crippen molar-refractivity contribution in [2.75, 3.05) is 27.2 Å². The van der Waals surface area contributed by atoms with E-state index >= 15 is 0 Å². The van der Waals surface area contributed by atoms with Gasteiger partial charge >= 0.3 is 0 Å². The van der Waals surface area contributed by atoms with Crippen LogP contribution >= 0.6 is 0 Å². The fourth-order valence-electron chi connectivity index (χ4n) is 1.59. The minimum atomic E-state index is -3.68. The first kappa shape index (κ1) is 17.5. The highest BCUT2D eigenvalue weighted by Crippen LogP contribution is 2.18. The number of nitrogens with zero attached hydrogens (tertiary/aromatic N) is 1. The van der Waals surface area contributed by atoms with Crippen molar-refractivity contribution in [1.82, 2.24) is 9.62 Å². The first-order valence-electron chi connectivity index (χ1n) is 6.64. The maximum Gasteiger partial charge on any atom is 0.243 e. The molecular formula is C14H22N2O4S. The third-order valence-corrected chi connectivity index (χ3v) is 4.66. The summed E-state index contributed by atoms with van der Waals surface area (Å²) in [7, 11) is -0.789. The van der Waals surface area contributed by atoms with Crippen molar-refractivity contribution in [1.29, 1.82) is 0 Å². The highest BCUT2D eigenvalue weighted by atomic mass is 32.2. The van der Waals surface area contributed by atoms with Crippen LogP contribution in [0.5, 0.6) is 5.75 Å². The number of benzene rings is 1. The van der Waals surface area contributed by atoms with Crippen LogP contribution < -0.4 is 10.1 Å². The fraction of sp³-hybridized carbons (Fsp3) is 0.500. The van der Waals surface area contributed by atoms with Crippen molar-refractivity contribution >= 4 is 15.9 Å². The second kappa shape index (κ2) is 7.42. The monoisotopic (exact) mass is 314 g/mol. The summed E-state index contributed by atoms with van der Waals surface area (Å²) in [5, 5.41) is 2.69. The van der Waals surface area contributed by atoms with Crippen molar-refractivity contribution in [2.24, 2.45) is 5.92 Å². The van der Waals surface area contributed by atoms with E-state index in [4.69, 9.17) is 4.74 Å². The van der Waals surface area contributed by atoms with Gasteiger partial charge in [-0.2, -0.15) is 4.31 Å². The van der Waals surface area contributed by atoms with Crippen LogP contribution in [0, 0.1) is 5.92 Å². The molecule has 118 valence electrons. The lowest BCUT2D eigenvalue weighted by Crippen LogP contribution is -2.39. The molecule has 0 unspecified atom stereocenters. The Morgan fingerprint density at radius 3 is 2.33 bits per heavy atom. The predicted molar refractivity (Wildman–Crippen MR) is 80.7 cm³/mol. The van der Waals surface area contributed by atoms with Gasteiger partial charge in [0.25, 0.3) is 0 Å². The molecule has 1 amide bonds. The molecule has 21 heavy (non-hydrogen) atoms. The number of rotatable bonds is 7. The molecule has 0 fully saturated rings. The summed E-state index contributed by atoms with van der Waals surface area (Å²) in [6, 6.07) is 6.05. The Hall–Kier alpha value is -1.60. The largest absolute Gasteiger partial charge is 0.497 e. The molecule has 0 aliphatic rings. The van der Waals surface area contributed by atoms with Crippen LogP contribution in [-0.4, -0.2) is 45.9 Å². The van der Waals surface area contributed by atoms with Crippen LogP contribution in [0.25, 0.3) is 0 Å². The van der Waals surface area contributed by atoms with Gasteiger partial charge in [-0.15, -0.1) is 0 Å². The smallest absolute Gasteiger partial charge is 0.243 e. The normalized spacial score (nSPS) is 11.7. The Morgan fingerprint density at radius 1 is 1.29 bits per heavy atom. The molecule has 0 heterocycles.